The van der Waals surface area contributed by atoms with Crippen LogP contribution in [0.15, 0.2) is 182 Å². The van der Waals surface area contributed by atoms with Crippen molar-refractivity contribution in [2.45, 2.75) is 141 Å². The standard InChI is InChI=1S/C76H76N4O/c1-13-76(12)40-39-75(10,11)65-43-51(29-34-63(65)76)59-26-19-25-58(50-28-33-62-64(42-50)74(8,9)38-37-73(62,6)7)71(59)79-48-78(69-44-52(30-35-67(69)79)57-23-15-14-20-49(57)2)54-21-18-22-55(46-54)81-56-31-32-61-60-24-16-17-27-66(60)80(68(61)47-56)70-45-53(36-41-77-70)72(3,4)5/h14-36,41-47H,13,37-40H2,1-12H3/i2D3,6D3,7D3,8D3,9D3,10D3,11D3,12D3,13D2,28D,29D,33D,34D,37D2,38D2,39D2,40D2,42D,43D. The van der Waals surface area contributed by atoms with Gasteiger partial charge in [-0.05, 0) is 187 Å². The molecule has 3 aromatic heterocycles. The Hall–Kier alpha value is -8.02. The number of imidazole rings is 1. The fraction of sp³-hybridized carbons (Fsp3) is 0.289. The third kappa shape index (κ3) is 8.90. The van der Waals surface area contributed by atoms with Crippen LogP contribution in [0.4, 0.5) is 0 Å². The summed E-state index contributed by atoms with van der Waals surface area (Å²) in [6, 6.07) is 24.8. The summed E-state index contributed by atoms with van der Waals surface area (Å²) in [4.78, 5) is 4.79. The molecular weight excluding hydrogens is 985 g/mol. The van der Waals surface area contributed by atoms with Gasteiger partial charge in [-0.25, -0.2) is 4.98 Å². The van der Waals surface area contributed by atoms with Crippen LogP contribution in [-0.4, -0.2) is 14.1 Å². The maximum absolute atomic E-state index is 10.6. The molecule has 5 heteroatoms. The number of nitrogens with zero attached hydrogens (tertiary/aromatic N) is 4. The van der Waals surface area contributed by atoms with Gasteiger partial charge in [0, 0.05) is 69.6 Å². The Bertz CT molecular complexity index is 5850. The number of ether oxygens (including phenoxy) is 1. The molecule has 8 aromatic carbocycles. The molecule has 13 rings (SSSR count). The second-order valence-corrected chi connectivity index (χ2v) is 21.3. The minimum Gasteiger partial charge on any atom is -0.458 e. The maximum atomic E-state index is 10.6. The van der Waals surface area contributed by atoms with Crippen molar-refractivity contribution in [1.29, 1.82) is 0 Å². The molecule has 406 valence electrons. The first kappa shape index (κ1) is 24.2. The van der Waals surface area contributed by atoms with E-state index >= 15 is 0 Å². The fourth-order valence-electron chi connectivity index (χ4n) is 10.7. The van der Waals surface area contributed by atoms with Crippen LogP contribution in [-0.2, 0) is 27.1 Å². The Balaban J connectivity index is 1.24. The Morgan fingerprint density at radius 2 is 1.28 bits per heavy atom. The van der Waals surface area contributed by atoms with Crippen LogP contribution in [0.5, 0.6) is 11.5 Å². The van der Waals surface area contributed by atoms with Gasteiger partial charge in [0.2, 0.25) is 0 Å². The van der Waals surface area contributed by atoms with Gasteiger partial charge in [-0.3, -0.25) is 13.7 Å². The molecule has 0 fully saturated rings. The first-order valence-corrected chi connectivity index (χ1v) is 25.8. The summed E-state index contributed by atoms with van der Waals surface area (Å²) < 4.78 is 386. The molecule has 0 saturated carbocycles. The number of aryl methyl sites for hydroxylation is 1. The smallest absolute Gasteiger partial charge is 0.269 e. The van der Waals surface area contributed by atoms with Gasteiger partial charge < -0.3 is 4.74 Å². The van der Waals surface area contributed by atoms with E-state index in [4.69, 9.17) is 34.4 Å². The van der Waals surface area contributed by atoms with Gasteiger partial charge >= 0.3 is 0 Å². The van der Waals surface area contributed by atoms with Crippen molar-refractivity contribution >= 4 is 32.8 Å². The van der Waals surface area contributed by atoms with Gasteiger partial charge in [0.15, 0.2) is 0 Å². The summed E-state index contributed by atoms with van der Waals surface area (Å²) >= 11 is 0. The average Bonchev–Trinajstić information content (AvgIpc) is 0.869. The quantitative estimate of drug-likeness (QED) is 0.107. The monoisotopic (exact) mass is 1100 g/mol. The van der Waals surface area contributed by atoms with E-state index in [2.05, 4.69) is 27.1 Å². The van der Waals surface area contributed by atoms with Gasteiger partial charge in [-0.1, -0.05) is 191 Å². The number of hydrogen-bond donors (Lipinski definition) is 0. The van der Waals surface area contributed by atoms with E-state index in [1.807, 2.05) is 47.0 Å². The molecule has 0 radical (unpaired) electrons. The van der Waals surface area contributed by atoms with Crippen LogP contribution < -0.4 is 9.30 Å². The lowest BCUT2D eigenvalue weighted by Crippen LogP contribution is -2.35. The van der Waals surface area contributed by atoms with E-state index in [1.165, 1.54) is 65.2 Å². The predicted molar refractivity (Wildman–Crippen MR) is 337 cm³/mol. The number of fused-ring (bicyclic) bond motifs is 6. The van der Waals surface area contributed by atoms with Gasteiger partial charge in [-0.15, -0.1) is 0 Å². The molecule has 0 spiro atoms. The van der Waals surface area contributed by atoms with Crippen LogP contribution in [0.3, 0.4) is 0 Å². The third-order valence-corrected chi connectivity index (χ3v) is 14.9. The number of benzene rings is 8. The highest BCUT2D eigenvalue weighted by Crippen LogP contribution is 2.51. The van der Waals surface area contributed by atoms with Crippen LogP contribution in [0.1, 0.15) is 196 Å². The van der Waals surface area contributed by atoms with E-state index in [0.29, 0.717) is 18.3 Å². The van der Waals surface area contributed by atoms with Crippen molar-refractivity contribution in [2.75, 3.05) is 0 Å². The van der Waals surface area contributed by atoms with Crippen molar-refractivity contribution in [1.82, 2.24) is 14.1 Å². The summed E-state index contributed by atoms with van der Waals surface area (Å²) in [5.74, 6) is 0.869. The van der Waals surface area contributed by atoms with E-state index in [0.717, 1.165) is 44.6 Å². The molecule has 5 nitrogen and oxygen atoms in total. The molecule has 1 atom stereocenters. The second-order valence-electron chi connectivity index (χ2n) is 21.3. The van der Waals surface area contributed by atoms with Gasteiger partial charge in [0.1, 0.15) is 17.3 Å². The van der Waals surface area contributed by atoms with Crippen molar-refractivity contribution in [2.24, 2.45) is 0 Å². The third-order valence-electron chi connectivity index (χ3n) is 14.9. The number of aromatic nitrogens is 4. The molecule has 11 aromatic rings. The molecule has 0 bridgehead atoms. The van der Waals surface area contributed by atoms with Gasteiger partial charge in [0.05, 0.1) is 41.7 Å². The Labute approximate surface area is 536 Å². The minimum absolute atomic E-state index is 0.0166. The average molecular weight is 1100 g/mol. The van der Waals surface area contributed by atoms with E-state index < -0.39 is 195 Å². The molecule has 0 aliphatic heterocycles. The van der Waals surface area contributed by atoms with Crippen molar-refractivity contribution in [3.8, 4) is 62.1 Å². The molecule has 81 heavy (non-hydrogen) atoms. The van der Waals surface area contributed by atoms with Crippen LogP contribution in [0.25, 0.3) is 83.4 Å². The van der Waals surface area contributed by atoms with E-state index in [9.17, 15) is 30.2 Å². The summed E-state index contributed by atoms with van der Waals surface area (Å²) in [5, 5.41) is 1.65. The number of pyridine rings is 1. The van der Waals surface area contributed by atoms with Crippen LogP contribution >= 0.6 is 0 Å². The molecule has 2 aliphatic rings. The van der Waals surface area contributed by atoms with Crippen LogP contribution in [0, 0.1) is 13.2 Å². The topological polar surface area (TPSA) is 35.9 Å². The number of rotatable bonds is 9. The Morgan fingerprint density at radius 1 is 0.617 bits per heavy atom. The maximum Gasteiger partial charge on any atom is 0.269 e. The summed E-state index contributed by atoms with van der Waals surface area (Å²) in [7, 11) is 0. The first-order valence-electron chi connectivity index (χ1n) is 45.8. The lowest BCUT2D eigenvalue weighted by Gasteiger charge is -2.43. The molecule has 2 aliphatic carbocycles. The predicted octanol–water partition coefficient (Wildman–Crippen LogP) is 19.7. The van der Waals surface area contributed by atoms with Crippen molar-refractivity contribution < 1.29 is 64.1 Å². The van der Waals surface area contributed by atoms with Gasteiger partial charge in [-0.2, -0.15) is 0 Å². The lowest BCUT2D eigenvalue weighted by atomic mass is 9.61. The SMILES string of the molecule is [2H]c1c([2H])c2c(c([2H])c1-c1cccc(-c3c([2H])c([2H])c4c(c3[2H])C(C([2H])([2H])[2H])(C([2H])([2H])[2H])C([2H])([2H])C([2H])([2H])C4(C([2H])([2H])[2H])C([2H])([2H])C)c1-[n+]1[c-]n(-c3cccc(Oc4ccc5c6ccccc6n(-c6cc(C(C)(C)C)ccn6)c5c4)c3)c3cc(-c4ccccc4C([2H])([2H])[2H])ccc31)C(C([2H])([2H])[2H])(C([2H])([2H])[2H])C([2H])([2H])C([2H])([2H])C2(C([2H])([2H])[2H])C([2H])([2H])[2H]. The summed E-state index contributed by atoms with van der Waals surface area (Å²) in [6.07, 6.45) is -18.1. The summed E-state index contributed by atoms with van der Waals surface area (Å²) in [5.41, 5.74) is -29.8. The van der Waals surface area contributed by atoms with Crippen molar-refractivity contribution in [3.63, 3.8) is 0 Å². The highest BCUT2D eigenvalue weighted by atomic mass is 16.5. The molecule has 0 amide bonds. The minimum atomic E-state index is -4.89. The highest BCUT2D eigenvalue weighted by Gasteiger charge is 2.40. The number of hydrogen-bond acceptors (Lipinski definition) is 2. The molecular formula is C76H76N4O. The lowest BCUT2D eigenvalue weighted by molar-refractivity contribution is -0.571. The van der Waals surface area contributed by atoms with Crippen molar-refractivity contribution in [3.05, 3.63) is 222 Å². The molecule has 1 unspecified atom stereocenters. The molecule has 3 heterocycles. The fourth-order valence-corrected chi connectivity index (χ4v) is 10.7. The zero-order chi connectivity index (χ0) is 90.6. The second kappa shape index (κ2) is 19.0. The first-order chi connectivity index (χ1) is 55.0. The number of para-hydroxylation sites is 2. The van der Waals surface area contributed by atoms with E-state index in [-0.39, 0.29) is 50.3 Å². The van der Waals surface area contributed by atoms with Gasteiger partial charge in [0.25, 0.3) is 6.33 Å². The Morgan fingerprint density at radius 3 is 2.02 bits per heavy atom. The summed E-state index contributed by atoms with van der Waals surface area (Å²) in [6.45, 7) is -28.1. The van der Waals surface area contributed by atoms with Crippen LogP contribution in [0.2, 0.25) is 0 Å². The Kier molecular flexibility index (Phi) is 5.69. The largest absolute Gasteiger partial charge is 0.458 e. The van der Waals surface area contributed by atoms with E-state index in [1.54, 1.807) is 24.4 Å². The highest BCUT2D eigenvalue weighted by molar-refractivity contribution is 6.09. The zero-order valence-electron chi connectivity index (χ0n) is 84.1. The zero-order valence-corrected chi connectivity index (χ0v) is 44.1. The molecule has 0 N–H and O–H groups in total. The normalized spacial score (nSPS) is 28.5. The molecule has 0 saturated heterocycles.